The van der Waals surface area contributed by atoms with Crippen LogP contribution in [-0.2, 0) is 10.0 Å². The van der Waals surface area contributed by atoms with Gasteiger partial charge in [-0.05, 0) is 49.7 Å². The van der Waals surface area contributed by atoms with Crippen LogP contribution in [-0.4, -0.2) is 25.7 Å². The maximum atomic E-state index is 12.6. The number of aromatic nitrogens is 2. The summed E-state index contributed by atoms with van der Waals surface area (Å²) in [5.74, 6) is 1.27. The molecule has 0 fully saturated rings. The number of para-hydroxylation sites is 2. The quantitative estimate of drug-likeness (QED) is 0.674. The third-order valence-electron chi connectivity index (χ3n) is 3.89. The van der Waals surface area contributed by atoms with Crippen LogP contribution in [0.4, 0.5) is 17.3 Å². The number of aryl methyl sites for hydroxylation is 2. The first kappa shape index (κ1) is 18.7. The maximum absolute atomic E-state index is 12.6. The van der Waals surface area contributed by atoms with Gasteiger partial charge in [-0.25, -0.2) is 8.42 Å². The average Bonchev–Trinajstić information content (AvgIpc) is 2.63. The third-order valence-corrected chi connectivity index (χ3v) is 5.41. The van der Waals surface area contributed by atoms with Gasteiger partial charge in [-0.1, -0.05) is 29.8 Å². The van der Waals surface area contributed by atoms with Gasteiger partial charge in [0.05, 0.1) is 17.7 Å². The molecular formula is C19H20N4O3S. The first-order chi connectivity index (χ1) is 12.9. The van der Waals surface area contributed by atoms with E-state index in [9.17, 15) is 8.42 Å². The van der Waals surface area contributed by atoms with Crippen molar-refractivity contribution in [2.24, 2.45) is 0 Å². The summed E-state index contributed by atoms with van der Waals surface area (Å²) in [5, 5.41) is 11.0. The van der Waals surface area contributed by atoms with Gasteiger partial charge in [0.2, 0.25) is 0 Å². The Balaban J connectivity index is 1.77. The molecular weight excluding hydrogens is 364 g/mol. The number of methoxy groups -OCH3 is 1. The number of hydrogen-bond donors (Lipinski definition) is 2. The van der Waals surface area contributed by atoms with Crippen LogP contribution in [0.15, 0.2) is 59.5 Å². The normalized spacial score (nSPS) is 11.1. The van der Waals surface area contributed by atoms with Crippen LogP contribution in [0.2, 0.25) is 0 Å². The minimum absolute atomic E-state index is 0.139. The minimum Gasteiger partial charge on any atom is -0.495 e. The molecule has 0 saturated carbocycles. The van der Waals surface area contributed by atoms with E-state index in [0.29, 0.717) is 17.1 Å². The Hall–Kier alpha value is -3.13. The molecule has 8 heteroatoms. The molecule has 0 atom stereocenters. The molecule has 3 aromatic rings. The average molecular weight is 384 g/mol. The minimum atomic E-state index is -3.74. The molecule has 0 bridgehead atoms. The first-order valence-corrected chi connectivity index (χ1v) is 9.71. The van der Waals surface area contributed by atoms with Crippen molar-refractivity contribution in [1.29, 1.82) is 0 Å². The van der Waals surface area contributed by atoms with E-state index in [1.54, 1.807) is 38.3 Å². The molecule has 7 nitrogen and oxygen atoms in total. The van der Waals surface area contributed by atoms with E-state index in [1.807, 2.05) is 37.3 Å². The summed E-state index contributed by atoms with van der Waals surface area (Å²) in [4.78, 5) is 0.214. The van der Waals surface area contributed by atoms with Crippen molar-refractivity contribution in [3.8, 4) is 5.75 Å². The number of nitrogens with one attached hydrogen (secondary N) is 2. The lowest BCUT2D eigenvalue weighted by Gasteiger charge is -2.11. The van der Waals surface area contributed by atoms with Crippen molar-refractivity contribution >= 4 is 27.3 Å². The Labute approximate surface area is 158 Å². The zero-order valence-electron chi connectivity index (χ0n) is 15.2. The van der Waals surface area contributed by atoms with Gasteiger partial charge in [0, 0.05) is 0 Å². The van der Waals surface area contributed by atoms with Crippen LogP contribution in [0.25, 0.3) is 0 Å². The highest BCUT2D eigenvalue weighted by Crippen LogP contribution is 2.26. The van der Waals surface area contributed by atoms with Gasteiger partial charge < -0.3 is 10.1 Å². The molecule has 0 saturated heterocycles. The highest BCUT2D eigenvalue weighted by molar-refractivity contribution is 7.92. The van der Waals surface area contributed by atoms with Crippen molar-refractivity contribution in [3.63, 3.8) is 0 Å². The maximum Gasteiger partial charge on any atom is 0.263 e. The molecule has 0 spiro atoms. The predicted octanol–water partition coefficient (Wildman–Crippen LogP) is 3.65. The standard InChI is InChI=1S/C19H20N4O3S/c1-13-8-9-17(14(2)12-13)27(24,25)23-19-11-10-18(21-22-19)20-15-6-4-5-7-16(15)26-3/h4-12H,1-3H3,(H,20,21)(H,22,23). The number of ether oxygens (including phenoxy) is 1. The second-order valence-corrected chi connectivity index (χ2v) is 7.65. The topological polar surface area (TPSA) is 93.2 Å². The number of nitrogens with zero attached hydrogens (tertiary/aromatic N) is 2. The fourth-order valence-electron chi connectivity index (χ4n) is 2.63. The van der Waals surface area contributed by atoms with Crippen molar-refractivity contribution in [3.05, 3.63) is 65.7 Å². The van der Waals surface area contributed by atoms with Crippen LogP contribution >= 0.6 is 0 Å². The summed E-state index contributed by atoms with van der Waals surface area (Å²) in [7, 11) is -2.16. The van der Waals surface area contributed by atoms with E-state index >= 15 is 0 Å². The van der Waals surface area contributed by atoms with E-state index in [2.05, 4.69) is 20.2 Å². The highest BCUT2D eigenvalue weighted by Gasteiger charge is 2.17. The summed E-state index contributed by atoms with van der Waals surface area (Å²) in [6.07, 6.45) is 0. The van der Waals surface area contributed by atoms with Gasteiger partial charge in [-0.2, -0.15) is 0 Å². The van der Waals surface area contributed by atoms with Gasteiger partial charge in [0.25, 0.3) is 10.0 Å². The van der Waals surface area contributed by atoms with Gasteiger partial charge in [-0.15, -0.1) is 10.2 Å². The van der Waals surface area contributed by atoms with Crippen molar-refractivity contribution in [2.75, 3.05) is 17.1 Å². The molecule has 140 valence electrons. The molecule has 0 unspecified atom stereocenters. The van der Waals surface area contributed by atoms with Gasteiger partial charge >= 0.3 is 0 Å². The largest absolute Gasteiger partial charge is 0.495 e. The number of sulfonamides is 1. The van der Waals surface area contributed by atoms with E-state index < -0.39 is 10.0 Å². The van der Waals surface area contributed by atoms with Crippen LogP contribution in [0.3, 0.4) is 0 Å². The SMILES string of the molecule is COc1ccccc1Nc1ccc(NS(=O)(=O)c2ccc(C)cc2C)nn1. The second kappa shape index (κ2) is 7.63. The first-order valence-electron chi connectivity index (χ1n) is 8.23. The summed E-state index contributed by atoms with van der Waals surface area (Å²) in [6, 6.07) is 15.7. The van der Waals surface area contributed by atoms with Crippen LogP contribution in [0.5, 0.6) is 5.75 Å². The number of rotatable bonds is 6. The third kappa shape index (κ3) is 4.35. The van der Waals surface area contributed by atoms with Gasteiger partial charge in [-0.3, -0.25) is 4.72 Å². The van der Waals surface area contributed by atoms with E-state index in [1.165, 1.54) is 0 Å². The smallest absolute Gasteiger partial charge is 0.263 e. The Morgan fingerprint density at radius 2 is 1.63 bits per heavy atom. The highest BCUT2D eigenvalue weighted by atomic mass is 32.2. The van der Waals surface area contributed by atoms with Gasteiger partial charge in [0.1, 0.15) is 5.75 Å². The van der Waals surface area contributed by atoms with Gasteiger partial charge in [0.15, 0.2) is 11.6 Å². The number of benzene rings is 2. The monoisotopic (exact) mass is 384 g/mol. The lowest BCUT2D eigenvalue weighted by atomic mass is 10.2. The van der Waals surface area contributed by atoms with Crippen LogP contribution in [0.1, 0.15) is 11.1 Å². The van der Waals surface area contributed by atoms with Crippen LogP contribution < -0.4 is 14.8 Å². The molecule has 0 radical (unpaired) electrons. The number of anilines is 3. The Bertz CT molecular complexity index is 1050. The molecule has 0 amide bonds. The molecule has 0 aliphatic carbocycles. The Morgan fingerprint density at radius 1 is 0.926 bits per heavy atom. The van der Waals surface area contributed by atoms with Crippen molar-refractivity contribution in [1.82, 2.24) is 10.2 Å². The fraction of sp³-hybridized carbons (Fsp3) is 0.158. The molecule has 3 rings (SSSR count). The summed E-state index contributed by atoms with van der Waals surface area (Å²) in [5.41, 5.74) is 2.40. The second-order valence-electron chi connectivity index (χ2n) is 6.00. The number of hydrogen-bond acceptors (Lipinski definition) is 6. The summed E-state index contributed by atoms with van der Waals surface area (Å²) >= 11 is 0. The Morgan fingerprint density at radius 3 is 2.30 bits per heavy atom. The van der Waals surface area contributed by atoms with E-state index in [-0.39, 0.29) is 10.7 Å². The summed E-state index contributed by atoms with van der Waals surface area (Å²) < 4.78 is 32.9. The Kier molecular flexibility index (Phi) is 5.27. The summed E-state index contributed by atoms with van der Waals surface area (Å²) in [6.45, 7) is 3.67. The zero-order chi connectivity index (χ0) is 19.4. The molecule has 0 aliphatic heterocycles. The molecule has 0 aliphatic rings. The van der Waals surface area contributed by atoms with Crippen molar-refractivity contribution in [2.45, 2.75) is 18.7 Å². The lowest BCUT2D eigenvalue weighted by Crippen LogP contribution is -2.15. The molecule has 2 aromatic carbocycles. The van der Waals surface area contributed by atoms with E-state index in [4.69, 9.17) is 4.74 Å². The van der Waals surface area contributed by atoms with Crippen LogP contribution in [0, 0.1) is 13.8 Å². The molecule has 2 N–H and O–H groups in total. The zero-order valence-corrected chi connectivity index (χ0v) is 16.0. The predicted molar refractivity (Wildman–Crippen MR) is 105 cm³/mol. The van der Waals surface area contributed by atoms with E-state index in [0.717, 1.165) is 11.3 Å². The molecule has 27 heavy (non-hydrogen) atoms. The lowest BCUT2D eigenvalue weighted by molar-refractivity contribution is 0.417. The molecule has 1 heterocycles. The van der Waals surface area contributed by atoms with Crippen molar-refractivity contribution < 1.29 is 13.2 Å². The fourth-order valence-corrected chi connectivity index (χ4v) is 3.86. The molecule has 1 aromatic heterocycles.